The fraction of sp³-hybridized carbons (Fsp3) is 0.308. The minimum atomic E-state index is 0.744. The number of fused-ring (bicyclic) bond motifs is 1. The van der Waals surface area contributed by atoms with Crippen molar-refractivity contribution < 1.29 is 0 Å². The van der Waals surface area contributed by atoms with Gasteiger partial charge in [-0.3, -0.25) is 4.68 Å². The Labute approximate surface area is 111 Å². The summed E-state index contributed by atoms with van der Waals surface area (Å²) < 4.78 is 4.00. The highest BCUT2D eigenvalue weighted by atomic mass is 15.4. The Bertz CT molecular complexity index is 668. The molecule has 0 atom stereocenters. The van der Waals surface area contributed by atoms with E-state index in [4.69, 9.17) is 0 Å². The summed E-state index contributed by atoms with van der Waals surface area (Å²) in [6.07, 6.45) is 3.84. The van der Waals surface area contributed by atoms with E-state index in [9.17, 15) is 0 Å². The second-order valence-electron chi connectivity index (χ2n) is 4.43. The molecule has 19 heavy (non-hydrogen) atoms. The number of para-hydroxylation sites is 2. The standard InChI is InChI=1S/C13H16N6/c1-14-8-11-9-19(17-16-11)7-6-18-10-15-12-4-2-3-5-13(12)18/h2-5,9-10,14H,6-8H2,1H3. The smallest absolute Gasteiger partial charge is 0.0964 e. The van der Waals surface area contributed by atoms with Crippen molar-refractivity contribution in [3.8, 4) is 0 Å². The molecule has 98 valence electrons. The van der Waals surface area contributed by atoms with Crippen LogP contribution in [0.2, 0.25) is 0 Å². The fourth-order valence-corrected chi connectivity index (χ4v) is 2.11. The molecule has 0 amide bonds. The minimum absolute atomic E-state index is 0.744. The van der Waals surface area contributed by atoms with E-state index in [0.717, 1.165) is 36.4 Å². The van der Waals surface area contributed by atoms with Crippen molar-refractivity contribution >= 4 is 11.0 Å². The first-order valence-corrected chi connectivity index (χ1v) is 6.30. The van der Waals surface area contributed by atoms with Gasteiger partial charge in [-0.15, -0.1) is 5.10 Å². The molecule has 0 bridgehead atoms. The molecule has 6 nitrogen and oxygen atoms in total. The number of imidazole rings is 1. The summed E-state index contributed by atoms with van der Waals surface area (Å²) in [7, 11) is 1.90. The zero-order valence-electron chi connectivity index (χ0n) is 10.8. The molecule has 0 radical (unpaired) electrons. The first-order chi connectivity index (χ1) is 9.36. The summed E-state index contributed by atoms with van der Waals surface area (Å²) in [6.45, 7) is 2.37. The molecule has 0 spiro atoms. The van der Waals surface area contributed by atoms with Crippen molar-refractivity contribution in [1.29, 1.82) is 0 Å². The number of nitrogens with zero attached hydrogens (tertiary/aromatic N) is 5. The Morgan fingerprint density at radius 1 is 1.21 bits per heavy atom. The van der Waals surface area contributed by atoms with Crippen LogP contribution in [0.5, 0.6) is 0 Å². The molecular formula is C13H16N6. The SMILES string of the molecule is CNCc1cn(CCn2cnc3ccccc32)nn1. The van der Waals surface area contributed by atoms with E-state index in [-0.39, 0.29) is 0 Å². The molecule has 0 unspecified atom stereocenters. The van der Waals surface area contributed by atoms with Gasteiger partial charge in [-0.2, -0.15) is 0 Å². The summed E-state index contributed by atoms with van der Waals surface area (Å²) in [5, 5.41) is 11.3. The highest BCUT2D eigenvalue weighted by Gasteiger charge is 2.03. The lowest BCUT2D eigenvalue weighted by molar-refractivity contribution is 0.526. The van der Waals surface area contributed by atoms with Crippen molar-refractivity contribution in [3.05, 3.63) is 42.5 Å². The summed E-state index contributed by atoms with van der Waals surface area (Å²) in [4.78, 5) is 4.37. The van der Waals surface area contributed by atoms with Crippen LogP contribution >= 0.6 is 0 Å². The molecule has 6 heteroatoms. The summed E-state index contributed by atoms with van der Waals surface area (Å²) in [6, 6.07) is 8.13. The number of aryl methyl sites for hydroxylation is 2. The van der Waals surface area contributed by atoms with Crippen LogP contribution in [-0.4, -0.2) is 31.6 Å². The van der Waals surface area contributed by atoms with Gasteiger partial charge in [0.25, 0.3) is 0 Å². The molecule has 2 heterocycles. The van der Waals surface area contributed by atoms with Gasteiger partial charge >= 0.3 is 0 Å². The maximum absolute atomic E-state index is 4.37. The third-order valence-electron chi connectivity index (χ3n) is 3.04. The molecule has 0 aliphatic heterocycles. The lowest BCUT2D eigenvalue weighted by atomic mass is 10.3. The number of rotatable bonds is 5. The van der Waals surface area contributed by atoms with Gasteiger partial charge in [0.15, 0.2) is 0 Å². The van der Waals surface area contributed by atoms with E-state index in [1.165, 1.54) is 0 Å². The van der Waals surface area contributed by atoms with Crippen LogP contribution in [0.4, 0.5) is 0 Å². The van der Waals surface area contributed by atoms with Gasteiger partial charge in [-0.1, -0.05) is 17.3 Å². The second kappa shape index (κ2) is 5.19. The van der Waals surface area contributed by atoms with Crippen LogP contribution in [0.25, 0.3) is 11.0 Å². The van der Waals surface area contributed by atoms with Crippen LogP contribution < -0.4 is 5.32 Å². The lowest BCUT2D eigenvalue weighted by Gasteiger charge is -2.03. The van der Waals surface area contributed by atoms with E-state index < -0.39 is 0 Å². The van der Waals surface area contributed by atoms with Crippen LogP contribution in [0.1, 0.15) is 5.69 Å². The van der Waals surface area contributed by atoms with Gasteiger partial charge in [0, 0.05) is 19.3 Å². The Balaban J connectivity index is 1.71. The van der Waals surface area contributed by atoms with E-state index in [1.807, 2.05) is 42.5 Å². The third kappa shape index (κ3) is 2.48. The van der Waals surface area contributed by atoms with Crippen molar-refractivity contribution in [2.75, 3.05) is 7.05 Å². The van der Waals surface area contributed by atoms with Gasteiger partial charge in [-0.25, -0.2) is 4.98 Å². The quantitative estimate of drug-likeness (QED) is 0.741. The van der Waals surface area contributed by atoms with Crippen molar-refractivity contribution in [2.24, 2.45) is 0 Å². The van der Waals surface area contributed by atoms with Gasteiger partial charge in [0.2, 0.25) is 0 Å². The predicted octanol–water partition coefficient (Wildman–Crippen LogP) is 1.05. The second-order valence-corrected chi connectivity index (χ2v) is 4.43. The minimum Gasteiger partial charge on any atom is -0.329 e. The van der Waals surface area contributed by atoms with E-state index in [2.05, 4.69) is 31.2 Å². The highest BCUT2D eigenvalue weighted by Crippen LogP contribution is 2.11. The Morgan fingerprint density at radius 2 is 2.11 bits per heavy atom. The summed E-state index contributed by atoms with van der Waals surface area (Å²) >= 11 is 0. The van der Waals surface area contributed by atoms with E-state index >= 15 is 0 Å². The predicted molar refractivity (Wildman–Crippen MR) is 72.5 cm³/mol. The van der Waals surface area contributed by atoms with Crippen LogP contribution in [0.3, 0.4) is 0 Å². The maximum Gasteiger partial charge on any atom is 0.0964 e. The molecule has 1 aromatic carbocycles. The molecule has 0 aliphatic carbocycles. The normalized spacial score (nSPS) is 11.2. The molecular weight excluding hydrogens is 240 g/mol. The van der Waals surface area contributed by atoms with Gasteiger partial charge < -0.3 is 9.88 Å². The first kappa shape index (κ1) is 11.9. The van der Waals surface area contributed by atoms with Crippen LogP contribution in [0.15, 0.2) is 36.8 Å². The van der Waals surface area contributed by atoms with Crippen molar-refractivity contribution in [2.45, 2.75) is 19.6 Å². The number of aromatic nitrogens is 5. The molecule has 0 aliphatic rings. The van der Waals surface area contributed by atoms with Crippen molar-refractivity contribution in [3.63, 3.8) is 0 Å². The number of benzene rings is 1. The van der Waals surface area contributed by atoms with Gasteiger partial charge in [0.1, 0.15) is 0 Å². The molecule has 3 rings (SSSR count). The molecule has 3 aromatic rings. The van der Waals surface area contributed by atoms with E-state index in [1.54, 1.807) is 0 Å². The summed E-state index contributed by atoms with van der Waals surface area (Å²) in [5.74, 6) is 0. The number of nitrogens with one attached hydrogen (secondary N) is 1. The third-order valence-corrected chi connectivity index (χ3v) is 3.04. The number of hydrogen-bond donors (Lipinski definition) is 1. The average molecular weight is 256 g/mol. The van der Waals surface area contributed by atoms with Gasteiger partial charge in [0.05, 0.1) is 29.6 Å². The molecule has 0 saturated heterocycles. The zero-order valence-corrected chi connectivity index (χ0v) is 10.8. The number of hydrogen-bond acceptors (Lipinski definition) is 4. The lowest BCUT2D eigenvalue weighted by Crippen LogP contribution is -2.07. The van der Waals surface area contributed by atoms with Gasteiger partial charge in [-0.05, 0) is 19.2 Å². The van der Waals surface area contributed by atoms with E-state index in [0.29, 0.717) is 0 Å². The molecule has 1 N–H and O–H groups in total. The van der Waals surface area contributed by atoms with Crippen molar-refractivity contribution in [1.82, 2.24) is 29.9 Å². The van der Waals surface area contributed by atoms with Crippen LogP contribution in [0, 0.1) is 0 Å². The molecule has 2 aromatic heterocycles. The molecule has 0 fully saturated rings. The molecule has 0 saturated carbocycles. The Hall–Kier alpha value is -2.21. The average Bonchev–Trinajstić information content (AvgIpc) is 3.04. The van der Waals surface area contributed by atoms with Crippen LogP contribution in [-0.2, 0) is 19.6 Å². The largest absolute Gasteiger partial charge is 0.329 e. The maximum atomic E-state index is 4.37. The monoisotopic (exact) mass is 256 g/mol. The topological polar surface area (TPSA) is 60.6 Å². The Morgan fingerprint density at radius 3 is 3.00 bits per heavy atom. The first-order valence-electron chi connectivity index (χ1n) is 6.30. The Kier molecular flexibility index (Phi) is 3.24. The fourth-order valence-electron chi connectivity index (χ4n) is 2.11. The summed E-state index contributed by atoms with van der Waals surface area (Å²) in [5.41, 5.74) is 3.13. The zero-order chi connectivity index (χ0) is 13.1. The highest BCUT2D eigenvalue weighted by molar-refractivity contribution is 5.74.